The number of esters is 1. The molecule has 0 saturated carbocycles. The van der Waals surface area contributed by atoms with Crippen LogP contribution in [0.5, 0.6) is 23.0 Å². The number of benzene rings is 2. The summed E-state index contributed by atoms with van der Waals surface area (Å²) in [4.78, 5) is 35.4. The molecule has 2 heterocycles. The molecule has 8 nitrogen and oxygen atoms in total. The summed E-state index contributed by atoms with van der Waals surface area (Å²) in [6.45, 7) is 1.61. The highest BCUT2D eigenvalue weighted by Crippen LogP contribution is 2.41. The van der Waals surface area contributed by atoms with E-state index >= 15 is 0 Å². The molecular formula is C27H25ClF2O8S2. The van der Waals surface area contributed by atoms with Crippen molar-refractivity contribution in [3.8, 4) is 23.0 Å². The van der Waals surface area contributed by atoms with Gasteiger partial charge in [0.1, 0.15) is 0 Å². The van der Waals surface area contributed by atoms with Gasteiger partial charge in [-0.05, 0) is 23.7 Å². The van der Waals surface area contributed by atoms with E-state index in [-0.39, 0.29) is 40.1 Å². The number of thiophene rings is 2. The summed E-state index contributed by atoms with van der Waals surface area (Å²) in [5, 5.41) is -0.0121. The van der Waals surface area contributed by atoms with Crippen LogP contribution in [0, 0.1) is 17.6 Å². The number of halogens is 3. The maximum atomic E-state index is 14.5. The third-order valence-electron chi connectivity index (χ3n) is 5.78. The Kier molecular flexibility index (Phi) is 10.3. The molecule has 0 aliphatic heterocycles. The predicted molar refractivity (Wildman–Crippen MR) is 150 cm³/mol. The van der Waals surface area contributed by atoms with Gasteiger partial charge in [0.25, 0.3) is 5.24 Å². The molecule has 40 heavy (non-hydrogen) atoms. The number of methoxy groups -OCH3 is 5. The van der Waals surface area contributed by atoms with Crippen LogP contribution in [0.4, 0.5) is 8.78 Å². The quantitative estimate of drug-likeness (QED) is 0.114. The highest BCUT2D eigenvalue weighted by Gasteiger charge is 2.23. The Morgan fingerprint density at radius 3 is 1.62 bits per heavy atom. The lowest BCUT2D eigenvalue weighted by Crippen LogP contribution is -2.16. The van der Waals surface area contributed by atoms with E-state index in [9.17, 15) is 23.2 Å². The smallest absolute Gasteiger partial charge is 0.308 e. The Morgan fingerprint density at radius 1 is 0.775 bits per heavy atom. The number of Topliss-reactive ketones (excluding diaryl/α,β-unsaturated/α-hetero) is 1. The van der Waals surface area contributed by atoms with E-state index < -0.39 is 28.8 Å². The van der Waals surface area contributed by atoms with Crippen LogP contribution in [0.15, 0.2) is 24.3 Å². The molecule has 0 unspecified atom stereocenters. The highest BCUT2D eigenvalue weighted by atomic mass is 35.5. The monoisotopic (exact) mass is 614 g/mol. The maximum Gasteiger partial charge on any atom is 0.308 e. The normalized spacial score (nSPS) is 11.4. The molecule has 214 valence electrons. The largest absolute Gasteiger partial charge is 0.493 e. The lowest BCUT2D eigenvalue weighted by atomic mass is 10.0. The number of carbonyl (C=O) groups excluding carboxylic acids is 3. The minimum Gasteiger partial charge on any atom is -0.493 e. The Hall–Kier alpha value is -3.48. The lowest BCUT2D eigenvalue weighted by Gasteiger charge is -2.08. The van der Waals surface area contributed by atoms with E-state index in [0.29, 0.717) is 25.0 Å². The number of fused-ring (bicyclic) bond motifs is 2. The van der Waals surface area contributed by atoms with Crippen LogP contribution < -0.4 is 18.9 Å². The molecule has 13 heteroatoms. The number of rotatable bonds is 9. The van der Waals surface area contributed by atoms with Crippen molar-refractivity contribution in [3.63, 3.8) is 0 Å². The second-order valence-electron chi connectivity index (χ2n) is 8.22. The van der Waals surface area contributed by atoms with Gasteiger partial charge >= 0.3 is 5.97 Å². The van der Waals surface area contributed by atoms with Crippen LogP contribution in [-0.2, 0) is 9.53 Å². The van der Waals surface area contributed by atoms with Gasteiger partial charge in [0.05, 0.1) is 51.2 Å². The molecule has 0 aliphatic carbocycles. The number of ketones is 1. The summed E-state index contributed by atoms with van der Waals surface area (Å²) in [5.74, 6) is -1.79. The number of hydrogen-bond donors (Lipinski definition) is 0. The van der Waals surface area contributed by atoms with Crippen molar-refractivity contribution >= 4 is 71.4 Å². The van der Waals surface area contributed by atoms with Crippen molar-refractivity contribution in [2.45, 2.75) is 13.3 Å². The third-order valence-corrected chi connectivity index (χ3v) is 8.30. The van der Waals surface area contributed by atoms with Gasteiger partial charge < -0.3 is 23.7 Å². The molecule has 1 atom stereocenters. The molecule has 2 aromatic carbocycles. The van der Waals surface area contributed by atoms with Gasteiger partial charge in [-0.25, -0.2) is 8.78 Å². The predicted octanol–water partition coefficient (Wildman–Crippen LogP) is 6.88. The Bertz CT molecular complexity index is 1580. The van der Waals surface area contributed by atoms with Crippen molar-refractivity contribution in [1.29, 1.82) is 0 Å². The average molecular weight is 615 g/mol. The molecular weight excluding hydrogens is 590 g/mol. The number of hydrogen-bond acceptors (Lipinski definition) is 10. The second kappa shape index (κ2) is 13.2. The average Bonchev–Trinajstić information content (AvgIpc) is 3.58. The van der Waals surface area contributed by atoms with E-state index in [1.54, 1.807) is 19.1 Å². The molecule has 0 radical (unpaired) electrons. The van der Waals surface area contributed by atoms with Crippen molar-refractivity contribution in [2.24, 2.45) is 5.92 Å². The standard InChI is InChI=1S/C16H17FO5S.C11H8ClFO3S/c1-8(16(19)22-4)5-10(18)13-6-9-12(23-13)7-11(20-2)15(21-3)14(9)17;1-15-6-4-7-5(9(13)10(6)16-2)3-8(17-7)11(12)14/h6-8H,5H2,1-4H3;3-4H,1-2H3/t8-;/m0./s1. The summed E-state index contributed by atoms with van der Waals surface area (Å²) in [6.07, 6.45) is 0.00931. The van der Waals surface area contributed by atoms with Crippen LogP contribution in [-0.4, -0.2) is 52.5 Å². The summed E-state index contributed by atoms with van der Waals surface area (Å²) in [7, 11) is 6.82. The van der Waals surface area contributed by atoms with E-state index in [1.807, 2.05) is 0 Å². The molecule has 0 N–H and O–H groups in total. The topological polar surface area (TPSA) is 97.4 Å². The van der Waals surface area contributed by atoms with Gasteiger partial charge in [-0.15, -0.1) is 22.7 Å². The zero-order valence-electron chi connectivity index (χ0n) is 22.3. The molecule has 4 rings (SSSR count). The minimum atomic E-state index is -0.608. The molecule has 0 bridgehead atoms. The van der Waals surface area contributed by atoms with Gasteiger partial charge in [0.15, 0.2) is 40.4 Å². The summed E-state index contributed by atoms with van der Waals surface area (Å²) in [5.41, 5.74) is 0. The molecule has 0 spiro atoms. The zero-order valence-corrected chi connectivity index (χ0v) is 24.7. The molecule has 2 aromatic heterocycles. The fraction of sp³-hybridized carbons (Fsp3) is 0.296. The summed E-state index contributed by atoms with van der Waals surface area (Å²) < 4.78 is 54.3. The van der Waals surface area contributed by atoms with E-state index in [4.69, 9.17) is 30.5 Å². The van der Waals surface area contributed by atoms with E-state index in [2.05, 4.69) is 4.74 Å². The maximum absolute atomic E-state index is 14.5. The fourth-order valence-corrected chi connectivity index (χ4v) is 5.90. The van der Waals surface area contributed by atoms with Crippen LogP contribution in [0.3, 0.4) is 0 Å². The van der Waals surface area contributed by atoms with Gasteiger partial charge in [0.2, 0.25) is 0 Å². The second-order valence-corrected chi connectivity index (χ2v) is 10.7. The molecule has 4 aromatic rings. The molecule has 0 amide bonds. The fourth-order valence-electron chi connectivity index (χ4n) is 3.78. The van der Waals surface area contributed by atoms with Gasteiger partial charge in [-0.3, -0.25) is 14.4 Å². The summed E-state index contributed by atoms with van der Waals surface area (Å²) in [6, 6.07) is 6.13. The first-order valence-corrected chi connectivity index (χ1v) is 13.5. The van der Waals surface area contributed by atoms with Crippen LogP contribution in [0.1, 0.15) is 32.7 Å². The van der Waals surface area contributed by atoms with Crippen molar-refractivity contribution in [3.05, 3.63) is 45.7 Å². The Morgan fingerprint density at radius 2 is 1.23 bits per heavy atom. The zero-order chi connectivity index (χ0) is 29.7. The Labute approximate surface area is 241 Å². The van der Waals surface area contributed by atoms with Crippen molar-refractivity contribution in [1.82, 2.24) is 0 Å². The van der Waals surface area contributed by atoms with Gasteiger partial charge in [-0.1, -0.05) is 6.92 Å². The first-order chi connectivity index (χ1) is 19.0. The molecule has 0 fully saturated rings. The first-order valence-electron chi connectivity index (χ1n) is 11.5. The first kappa shape index (κ1) is 31.1. The van der Waals surface area contributed by atoms with Crippen LogP contribution in [0.2, 0.25) is 0 Å². The SMILES string of the molecule is COC(=O)[C@@H](C)CC(=O)c1cc2c(F)c(OC)c(OC)cc2s1.COc1cc2sc(C(=O)Cl)cc2c(F)c1OC. The summed E-state index contributed by atoms with van der Waals surface area (Å²) >= 11 is 7.62. The van der Waals surface area contributed by atoms with Crippen molar-refractivity contribution in [2.75, 3.05) is 35.5 Å². The molecule has 0 aliphatic rings. The molecule has 0 saturated heterocycles. The minimum absolute atomic E-state index is 0.000252. The Balaban J connectivity index is 0.000000230. The van der Waals surface area contributed by atoms with Gasteiger partial charge in [0, 0.05) is 38.7 Å². The van der Waals surface area contributed by atoms with Crippen molar-refractivity contribution < 1.29 is 46.8 Å². The van der Waals surface area contributed by atoms with Crippen LogP contribution >= 0.6 is 34.3 Å². The lowest BCUT2D eigenvalue weighted by molar-refractivity contribution is -0.144. The van der Waals surface area contributed by atoms with E-state index in [1.165, 1.54) is 47.7 Å². The van der Waals surface area contributed by atoms with Gasteiger partial charge in [-0.2, -0.15) is 0 Å². The third kappa shape index (κ3) is 6.29. The number of ether oxygens (including phenoxy) is 5. The van der Waals surface area contributed by atoms with E-state index in [0.717, 1.165) is 22.7 Å². The highest BCUT2D eigenvalue weighted by molar-refractivity contribution is 7.22. The number of carbonyl (C=O) groups is 3. The van der Waals surface area contributed by atoms with Crippen LogP contribution in [0.25, 0.3) is 20.2 Å².